The first-order valence-corrected chi connectivity index (χ1v) is 9.01. The summed E-state index contributed by atoms with van der Waals surface area (Å²) in [5.74, 6) is 1.67. The van der Waals surface area contributed by atoms with E-state index >= 15 is 0 Å². The van der Waals surface area contributed by atoms with Crippen LogP contribution in [0.3, 0.4) is 0 Å². The van der Waals surface area contributed by atoms with Gasteiger partial charge in [-0.15, -0.1) is 0 Å². The third-order valence-corrected chi connectivity index (χ3v) is 6.37. The van der Waals surface area contributed by atoms with Crippen molar-refractivity contribution in [3.8, 4) is 0 Å². The van der Waals surface area contributed by atoms with Crippen molar-refractivity contribution < 1.29 is 4.74 Å². The smallest absolute Gasteiger partial charge is 0.0664 e. The van der Waals surface area contributed by atoms with Crippen LogP contribution in [0.2, 0.25) is 0 Å². The summed E-state index contributed by atoms with van der Waals surface area (Å²) in [5.41, 5.74) is 6.78. The van der Waals surface area contributed by atoms with Crippen LogP contribution in [-0.2, 0) is 4.74 Å². The normalized spacial score (nSPS) is 44.9. The van der Waals surface area contributed by atoms with Crippen molar-refractivity contribution in [2.24, 2.45) is 23.0 Å². The molecule has 0 saturated heterocycles. The lowest BCUT2D eigenvalue weighted by Gasteiger charge is -2.55. The Bertz CT molecular complexity index is 311. The van der Waals surface area contributed by atoms with Crippen molar-refractivity contribution in [3.63, 3.8) is 0 Å². The maximum atomic E-state index is 6.61. The zero-order valence-electron chi connectivity index (χ0n) is 13.4. The summed E-state index contributed by atoms with van der Waals surface area (Å²) >= 11 is 0. The van der Waals surface area contributed by atoms with Gasteiger partial charge in [-0.1, -0.05) is 39.5 Å². The van der Waals surface area contributed by atoms with Gasteiger partial charge >= 0.3 is 0 Å². The molecule has 4 unspecified atom stereocenters. The quantitative estimate of drug-likeness (QED) is 0.819. The van der Waals surface area contributed by atoms with Crippen LogP contribution in [0.25, 0.3) is 0 Å². The van der Waals surface area contributed by atoms with E-state index in [0.717, 1.165) is 18.3 Å². The zero-order valence-corrected chi connectivity index (χ0v) is 13.4. The molecule has 0 radical (unpaired) electrons. The van der Waals surface area contributed by atoms with Gasteiger partial charge in [0.15, 0.2) is 0 Å². The molecule has 0 aromatic heterocycles. The van der Waals surface area contributed by atoms with Crippen LogP contribution in [0.4, 0.5) is 0 Å². The highest BCUT2D eigenvalue weighted by Crippen LogP contribution is 2.52. The van der Waals surface area contributed by atoms with Gasteiger partial charge in [0.25, 0.3) is 0 Å². The van der Waals surface area contributed by atoms with Crippen LogP contribution < -0.4 is 5.73 Å². The van der Waals surface area contributed by atoms with Crippen LogP contribution in [0.15, 0.2) is 0 Å². The number of nitrogens with two attached hydrogens (primary N) is 1. The van der Waals surface area contributed by atoms with E-state index < -0.39 is 0 Å². The Morgan fingerprint density at radius 2 is 1.45 bits per heavy atom. The predicted octanol–water partition coefficient (Wildman–Crippen LogP) is 4.27. The highest BCUT2D eigenvalue weighted by atomic mass is 16.5. The minimum Gasteiger partial charge on any atom is -0.374 e. The molecular weight excluding hydrogens is 246 g/mol. The molecule has 0 aromatic rings. The van der Waals surface area contributed by atoms with E-state index in [1.54, 1.807) is 0 Å². The Hall–Kier alpha value is -0.0800. The fraction of sp³-hybridized carbons (Fsp3) is 1.00. The first-order valence-electron chi connectivity index (χ1n) is 9.01. The second-order valence-corrected chi connectivity index (χ2v) is 8.15. The predicted molar refractivity (Wildman–Crippen MR) is 83.6 cm³/mol. The minimum atomic E-state index is 0.348. The van der Waals surface area contributed by atoms with Crippen molar-refractivity contribution in [2.45, 2.75) is 96.3 Å². The van der Waals surface area contributed by atoms with Gasteiger partial charge in [0.2, 0.25) is 0 Å². The summed E-state index contributed by atoms with van der Waals surface area (Å²) in [5, 5.41) is 0. The SMILES string of the molecule is CC1CC(C)CC(OC2CC(N)C23CCCCCC3)C1. The topological polar surface area (TPSA) is 35.2 Å². The number of hydrogen-bond acceptors (Lipinski definition) is 2. The van der Waals surface area contributed by atoms with Crippen LogP contribution in [0.1, 0.15) is 78.1 Å². The summed E-state index contributed by atoms with van der Waals surface area (Å²) in [6, 6.07) is 0.407. The molecule has 20 heavy (non-hydrogen) atoms. The van der Waals surface area contributed by atoms with E-state index in [1.165, 1.54) is 57.8 Å². The second-order valence-electron chi connectivity index (χ2n) is 8.15. The Kier molecular flexibility index (Phi) is 4.42. The van der Waals surface area contributed by atoms with Gasteiger partial charge in [0.1, 0.15) is 0 Å². The Morgan fingerprint density at radius 3 is 2.00 bits per heavy atom. The van der Waals surface area contributed by atoms with Gasteiger partial charge in [0.05, 0.1) is 12.2 Å². The number of rotatable bonds is 2. The van der Waals surface area contributed by atoms with Crippen LogP contribution >= 0.6 is 0 Å². The molecule has 0 bridgehead atoms. The van der Waals surface area contributed by atoms with Gasteiger partial charge in [-0.05, 0) is 50.4 Å². The average Bonchev–Trinajstić information content (AvgIpc) is 2.65. The van der Waals surface area contributed by atoms with Gasteiger partial charge in [-0.3, -0.25) is 0 Å². The Morgan fingerprint density at radius 1 is 0.850 bits per heavy atom. The third kappa shape index (κ3) is 2.78. The first-order chi connectivity index (χ1) is 9.60. The molecule has 2 nitrogen and oxygen atoms in total. The molecule has 0 aliphatic heterocycles. The summed E-state index contributed by atoms with van der Waals surface area (Å²) in [6.07, 6.45) is 14.2. The second kappa shape index (κ2) is 5.96. The maximum Gasteiger partial charge on any atom is 0.0664 e. The molecule has 0 aromatic carbocycles. The van der Waals surface area contributed by atoms with Gasteiger partial charge in [-0.2, -0.15) is 0 Å². The Balaban J connectivity index is 1.62. The van der Waals surface area contributed by atoms with E-state index in [4.69, 9.17) is 10.5 Å². The van der Waals surface area contributed by atoms with Crippen molar-refractivity contribution in [2.75, 3.05) is 0 Å². The first kappa shape index (κ1) is 14.8. The lowest BCUT2D eigenvalue weighted by Crippen LogP contribution is -2.62. The molecule has 116 valence electrons. The molecule has 2 N–H and O–H groups in total. The van der Waals surface area contributed by atoms with E-state index in [2.05, 4.69) is 13.8 Å². The molecule has 3 rings (SSSR count). The average molecular weight is 279 g/mol. The van der Waals surface area contributed by atoms with E-state index in [0.29, 0.717) is 23.7 Å². The van der Waals surface area contributed by atoms with Crippen molar-refractivity contribution in [1.29, 1.82) is 0 Å². The molecule has 0 heterocycles. The van der Waals surface area contributed by atoms with Crippen molar-refractivity contribution in [3.05, 3.63) is 0 Å². The molecule has 4 atom stereocenters. The summed E-state index contributed by atoms with van der Waals surface area (Å²) in [4.78, 5) is 0. The highest BCUT2D eigenvalue weighted by molar-refractivity contribution is 5.07. The third-order valence-electron chi connectivity index (χ3n) is 6.37. The van der Waals surface area contributed by atoms with E-state index in [1.807, 2.05) is 0 Å². The molecule has 3 aliphatic rings. The summed E-state index contributed by atoms with van der Waals surface area (Å²) in [7, 11) is 0. The molecule has 2 heteroatoms. The van der Waals surface area contributed by atoms with Crippen molar-refractivity contribution in [1.82, 2.24) is 0 Å². The Labute approximate surface area is 124 Å². The monoisotopic (exact) mass is 279 g/mol. The van der Waals surface area contributed by atoms with Crippen LogP contribution in [0.5, 0.6) is 0 Å². The van der Waals surface area contributed by atoms with Gasteiger partial charge < -0.3 is 10.5 Å². The standard InChI is InChI=1S/C18H33NO/c1-13-9-14(2)11-15(10-13)20-17-12-16(19)18(17)7-5-3-4-6-8-18/h13-17H,3-12,19H2,1-2H3. The van der Waals surface area contributed by atoms with E-state index in [9.17, 15) is 0 Å². The molecular formula is C18H33NO. The lowest BCUT2D eigenvalue weighted by atomic mass is 9.58. The van der Waals surface area contributed by atoms with Crippen LogP contribution in [0, 0.1) is 17.3 Å². The molecule has 3 saturated carbocycles. The molecule has 0 amide bonds. The highest BCUT2D eigenvalue weighted by Gasteiger charge is 2.54. The van der Waals surface area contributed by atoms with Crippen LogP contribution in [-0.4, -0.2) is 18.2 Å². The lowest BCUT2D eigenvalue weighted by molar-refractivity contribution is -0.173. The van der Waals surface area contributed by atoms with Gasteiger partial charge in [0, 0.05) is 11.5 Å². The van der Waals surface area contributed by atoms with Gasteiger partial charge in [-0.25, -0.2) is 0 Å². The molecule has 3 aliphatic carbocycles. The number of hydrogen-bond donors (Lipinski definition) is 1. The fourth-order valence-corrected chi connectivity index (χ4v) is 5.27. The van der Waals surface area contributed by atoms with Crippen molar-refractivity contribution >= 4 is 0 Å². The molecule has 1 spiro atoms. The van der Waals surface area contributed by atoms with E-state index in [-0.39, 0.29) is 0 Å². The minimum absolute atomic E-state index is 0.348. The largest absolute Gasteiger partial charge is 0.374 e. The zero-order chi connectivity index (χ0) is 14.2. The summed E-state index contributed by atoms with van der Waals surface area (Å²) in [6.45, 7) is 4.78. The molecule has 3 fully saturated rings. The number of ether oxygens (including phenoxy) is 1. The summed E-state index contributed by atoms with van der Waals surface area (Å²) < 4.78 is 6.61. The maximum absolute atomic E-state index is 6.61. The fourth-order valence-electron chi connectivity index (χ4n) is 5.27.